The van der Waals surface area contributed by atoms with Crippen LogP contribution in [0.5, 0.6) is 11.5 Å². The van der Waals surface area contributed by atoms with Crippen LogP contribution in [-0.2, 0) is 0 Å². The van der Waals surface area contributed by atoms with Crippen molar-refractivity contribution in [3.63, 3.8) is 0 Å². The van der Waals surface area contributed by atoms with Gasteiger partial charge in [0.15, 0.2) is 17.5 Å². The molecule has 2 aromatic carbocycles. The van der Waals surface area contributed by atoms with Gasteiger partial charge in [0.25, 0.3) is 0 Å². The van der Waals surface area contributed by atoms with Crippen LogP contribution >= 0.6 is 0 Å². The van der Waals surface area contributed by atoms with Crippen molar-refractivity contribution in [2.75, 3.05) is 50.6 Å². The number of anilines is 2. The topological polar surface area (TPSA) is 54.0 Å². The van der Waals surface area contributed by atoms with Crippen molar-refractivity contribution >= 4 is 17.4 Å². The lowest BCUT2D eigenvalue weighted by molar-refractivity contribution is 0.208. The van der Waals surface area contributed by atoms with Gasteiger partial charge in [0.2, 0.25) is 0 Å². The Kier molecular flexibility index (Phi) is 5.81. The third kappa shape index (κ3) is 3.92. The van der Waals surface area contributed by atoms with E-state index < -0.39 is 17.5 Å². The first-order chi connectivity index (χ1) is 13.4. The number of piperazine rings is 1. The molecule has 1 fully saturated rings. The van der Waals surface area contributed by atoms with Gasteiger partial charge < -0.3 is 24.6 Å². The highest BCUT2D eigenvalue weighted by molar-refractivity contribution is 5.91. The Balaban J connectivity index is 1.65. The van der Waals surface area contributed by atoms with Gasteiger partial charge in [-0.15, -0.1) is 0 Å². The summed E-state index contributed by atoms with van der Waals surface area (Å²) in [5.74, 6) is -2.90. The number of halogens is 3. The fraction of sp³-hybridized carbons (Fsp3) is 0.316. The van der Waals surface area contributed by atoms with Crippen LogP contribution in [0.2, 0.25) is 0 Å². The molecule has 1 saturated heterocycles. The van der Waals surface area contributed by atoms with E-state index in [1.54, 1.807) is 28.0 Å². The van der Waals surface area contributed by atoms with Crippen LogP contribution in [0.25, 0.3) is 0 Å². The first-order valence-electron chi connectivity index (χ1n) is 8.61. The molecule has 1 heterocycles. The first-order valence-corrected chi connectivity index (χ1v) is 8.61. The molecule has 0 aliphatic carbocycles. The zero-order valence-corrected chi connectivity index (χ0v) is 15.5. The minimum absolute atomic E-state index is 0.0200. The molecule has 2 amide bonds. The molecule has 1 aliphatic heterocycles. The summed E-state index contributed by atoms with van der Waals surface area (Å²) >= 11 is 0. The highest BCUT2D eigenvalue weighted by Crippen LogP contribution is 2.29. The molecule has 1 aliphatic rings. The lowest BCUT2D eigenvalue weighted by Crippen LogP contribution is -2.50. The molecule has 2 aromatic rings. The largest absolute Gasteiger partial charge is 0.497 e. The summed E-state index contributed by atoms with van der Waals surface area (Å²) < 4.78 is 50.9. The van der Waals surface area contributed by atoms with Gasteiger partial charge in [0.1, 0.15) is 11.5 Å². The number of benzene rings is 2. The first kappa shape index (κ1) is 19.7. The van der Waals surface area contributed by atoms with Crippen molar-refractivity contribution in [2.45, 2.75) is 0 Å². The van der Waals surface area contributed by atoms with Gasteiger partial charge in [0.05, 0.1) is 25.6 Å². The number of urea groups is 1. The minimum Gasteiger partial charge on any atom is -0.497 e. The molecule has 0 saturated carbocycles. The van der Waals surface area contributed by atoms with E-state index in [1.165, 1.54) is 20.3 Å². The fourth-order valence-corrected chi connectivity index (χ4v) is 3.02. The van der Waals surface area contributed by atoms with Crippen molar-refractivity contribution in [1.29, 1.82) is 0 Å². The van der Waals surface area contributed by atoms with Gasteiger partial charge in [-0.25, -0.2) is 18.0 Å². The van der Waals surface area contributed by atoms with Crippen LogP contribution in [-0.4, -0.2) is 51.3 Å². The third-order valence-electron chi connectivity index (χ3n) is 4.57. The molecule has 6 nitrogen and oxygen atoms in total. The second-order valence-corrected chi connectivity index (χ2v) is 6.16. The van der Waals surface area contributed by atoms with Gasteiger partial charge in [-0.05, 0) is 24.3 Å². The highest BCUT2D eigenvalue weighted by atomic mass is 19.2. The number of rotatable bonds is 4. The summed E-state index contributed by atoms with van der Waals surface area (Å²) in [4.78, 5) is 15.7. The van der Waals surface area contributed by atoms with Gasteiger partial charge in [-0.1, -0.05) is 0 Å². The summed E-state index contributed by atoms with van der Waals surface area (Å²) in [5, 5.41) is 2.77. The number of hydrogen-bond donors (Lipinski definition) is 1. The van der Waals surface area contributed by atoms with E-state index in [0.717, 1.165) is 6.07 Å². The normalized spacial score (nSPS) is 14.0. The van der Waals surface area contributed by atoms with Crippen molar-refractivity contribution in [3.05, 3.63) is 47.8 Å². The fourth-order valence-electron chi connectivity index (χ4n) is 3.02. The quantitative estimate of drug-likeness (QED) is 0.806. The summed E-state index contributed by atoms with van der Waals surface area (Å²) in [5.41, 5.74) is 0.439. The monoisotopic (exact) mass is 395 g/mol. The van der Waals surface area contributed by atoms with Crippen molar-refractivity contribution in [1.82, 2.24) is 4.90 Å². The number of nitrogens with one attached hydrogen (secondary N) is 1. The molecule has 0 aromatic heterocycles. The number of carbonyl (C=O) groups excluding carboxylic acids is 1. The van der Waals surface area contributed by atoms with Crippen molar-refractivity contribution in [3.8, 4) is 11.5 Å². The Morgan fingerprint density at radius 3 is 2.32 bits per heavy atom. The molecule has 0 radical (unpaired) electrons. The van der Waals surface area contributed by atoms with Crippen LogP contribution in [0.4, 0.5) is 29.3 Å². The standard InChI is InChI=1S/C19H20F3N3O3/c1-27-12-3-6-16(28-2)14(11-12)23-19(26)25-9-7-24(8-10-25)15-5-4-13(20)17(21)18(15)22/h3-6,11H,7-10H2,1-2H3,(H,23,26). The molecule has 150 valence electrons. The maximum absolute atomic E-state index is 14.0. The zero-order valence-electron chi connectivity index (χ0n) is 15.5. The second-order valence-electron chi connectivity index (χ2n) is 6.16. The Morgan fingerprint density at radius 1 is 0.964 bits per heavy atom. The molecule has 0 unspecified atom stereocenters. The Morgan fingerprint density at radius 2 is 1.68 bits per heavy atom. The van der Waals surface area contributed by atoms with Gasteiger partial charge >= 0.3 is 6.03 Å². The van der Waals surface area contributed by atoms with Crippen LogP contribution < -0.4 is 19.7 Å². The van der Waals surface area contributed by atoms with Crippen LogP contribution in [0.3, 0.4) is 0 Å². The Hall–Kier alpha value is -3.10. The van der Waals surface area contributed by atoms with E-state index in [0.29, 0.717) is 17.2 Å². The Bertz CT molecular complexity index is 871. The zero-order chi connectivity index (χ0) is 20.3. The van der Waals surface area contributed by atoms with E-state index in [2.05, 4.69) is 5.32 Å². The molecule has 28 heavy (non-hydrogen) atoms. The van der Waals surface area contributed by atoms with E-state index in [1.807, 2.05) is 0 Å². The summed E-state index contributed by atoms with van der Waals surface area (Å²) in [6.45, 7) is 1.14. The maximum atomic E-state index is 14.0. The number of nitrogens with zero attached hydrogens (tertiary/aromatic N) is 2. The van der Waals surface area contributed by atoms with E-state index in [4.69, 9.17) is 9.47 Å². The molecule has 0 bridgehead atoms. The number of carbonyl (C=O) groups is 1. The third-order valence-corrected chi connectivity index (χ3v) is 4.57. The molecule has 1 N–H and O–H groups in total. The predicted molar refractivity (Wildman–Crippen MR) is 98.7 cm³/mol. The predicted octanol–water partition coefficient (Wildman–Crippen LogP) is 3.48. The molecule has 9 heteroatoms. The second kappa shape index (κ2) is 8.28. The van der Waals surface area contributed by atoms with E-state index in [9.17, 15) is 18.0 Å². The average molecular weight is 395 g/mol. The summed E-state index contributed by atoms with van der Waals surface area (Å²) in [6, 6.07) is 6.77. The number of hydrogen-bond acceptors (Lipinski definition) is 4. The van der Waals surface area contributed by atoms with E-state index >= 15 is 0 Å². The lowest BCUT2D eigenvalue weighted by Gasteiger charge is -2.36. The Labute approximate surface area is 160 Å². The molecule has 0 spiro atoms. The van der Waals surface area contributed by atoms with Crippen molar-refractivity contribution in [2.24, 2.45) is 0 Å². The van der Waals surface area contributed by atoms with Crippen LogP contribution in [0.15, 0.2) is 30.3 Å². The highest BCUT2D eigenvalue weighted by Gasteiger charge is 2.25. The number of ether oxygens (including phenoxy) is 2. The van der Waals surface area contributed by atoms with E-state index in [-0.39, 0.29) is 37.9 Å². The average Bonchev–Trinajstić information content (AvgIpc) is 2.72. The molecular weight excluding hydrogens is 375 g/mol. The van der Waals surface area contributed by atoms with Gasteiger partial charge in [0, 0.05) is 32.2 Å². The SMILES string of the molecule is COc1ccc(OC)c(NC(=O)N2CCN(c3ccc(F)c(F)c3F)CC2)c1. The van der Waals surface area contributed by atoms with Crippen LogP contribution in [0, 0.1) is 17.5 Å². The minimum atomic E-state index is -1.50. The number of amides is 2. The van der Waals surface area contributed by atoms with Gasteiger partial charge in [-0.2, -0.15) is 0 Å². The molecule has 0 atom stereocenters. The molecule has 3 rings (SSSR count). The smallest absolute Gasteiger partial charge is 0.322 e. The van der Waals surface area contributed by atoms with Crippen molar-refractivity contribution < 1.29 is 27.4 Å². The summed E-state index contributed by atoms with van der Waals surface area (Å²) in [6.07, 6.45) is 0. The summed E-state index contributed by atoms with van der Waals surface area (Å²) in [7, 11) is 3.01. The molecular formula is C19H20F3N3O3. The maximum Gasteiger partial charge on any atom is 0.322 e. The van der Waals surface area contributed by atoms with Crippen LogP contribution in [0.1, 0.15) is 0 Å². The number of methoxy groups -OCH3 is 2. The van der Waals surface area contributed by atoms with Gasteiger partial charge in [-0.3, -0.25) is 0 Å². The lowest BCUT2D eigenvalue weighted by atomic mass is 10.2.